The van der Waals surface area contributed by atoms with Crippen LogP contribution in [0.1, 0.15) is 6.92 Å². The van der Waals surface area contributed by atoms with Gasteiger partial charge in [0.2, 0.25) is 0 Å². The smallest absolute Gasteiger partial charge is 0.325 e. The largest absolute Gasteiger partial charge is 0.465 e. The van der Waals surface area contributed by atoms with E-state index in [-0.39, 0.29) is 12.5 Å². The molecule has 2 aromatic rings. The van der Waals surface area contributed by atoms with Gasteiger partial charge in [0, 0.05) is 11.6 Å². The molecule has 7 nitrogen and oxygen atoms in total. The van der Waals surface area contributed by atoms with Crippen molar-refractivity contribution in [2.24, 2.45) is 5.84 Å². The second-order valence-electron chi connectivity index (χ2n) is 4.13. The Balaban J connectivity index is 2.20. The molecule has 1 aromatic heterocycles. The van der Waals surface area contributed by atoms with E-state index in [0.29, 0.717) is 24.1 Å². The van der Waals surface area contributed by atoms with Gasteiger partial charge in [-0.1, -0.05) is 30.3 Å². The van der Waals surface area contributed by atoms with Crippen LogP contribution in [0.4, 0.5) is 11.6 Å². The third kappa shape index (κ3) is 4.15. The lowest BCUT2D eigenvalue weighted by Gasteiger charge is -2.09. The summed E-state index contributed by atoms with van der Waals surface area (Å²) in [5.41, 5.74) is 3.34. The summed E-state index contributed by atoms with van der Waals surface area (Å²) in [6.45, 7) is 2.13. The van der Waals surface area contributed by atoms with Crippen molar-refractivity contribution in [2.75, 3.05) is 23.9 Å². The van der Waals surface area contributed by atoms with Crippen molar-refractivity contribution in [2.45, 2.75) is 6.92 Å². The standard InChI is InChI=1S/C14H17N5O2/c1-2-21-13(20)9-16-11-8-12(19-15)18-14(17-11)10-6-4-3-5-7-10/h3-8H,2,9,15H2,1H3,(H2,16,17,18,19). The summed E-state index contributed by atoms with van der Waals surface area (Å²) in [5, 5.41) is 2.89. The van der Waals surface area contributed by atoms with Crippen LogP contribution in [0.5, 0.6) is 0 Å². The number of nitrogens with one attached hydrogen (secondary N) is 2. The molecular weight excluding hydrogens is 270 g/mol. The van der Waals surface area contributed by atoms with Crippen molar-refractivity contribution in [3.05, 3.63) is 36.4 Å². The third-order valence-electron chi connectivity index (χ3n) is 2.63. The van der Waals surface area contributed by atoms with Crippen LogP contribution in [0.3, 0.4) is 0 Å². The molecule has 0 atom stereocenters. The number of carbonyl (C=O) groups is 1. The zero-order valence-corrected chi connectivity index (χ0v) is 11.7. The van der Waals surface area contributed by atoms with E-state index in [4.69, 9.17) is 10.6 Å². The predicted molar refractivity (Wildman–Crippen MR) is 80.4 cm³/mol. The van der Waals surface area contributed by atoms with E-state index in [0.717, 1.165) is 5.56 Å². The van der Waals surface area contributed by atoms with Crippen LogP contribution in [0.2, 0.25) is 0 Å². The molecule has 0 amide bonds. The molecule has 7 heteroatoms. The molecule has 0 radical (unpaired) electrons. The predicted octanol–water partition coefficient (Wildman–Crippen LogP) is 1.40. The lowest BCUT2D eigenvalue weighted by Crippen LogP contribution is -2.18. The number of benzene rings is 1. The summed E-state index contributed by atoms with van der Waals surface area (Å²) in [5.74, 6) is 6.52. The van der Waals surface area contributed by atoms with E-state index in [9.17, 15) is 4.79 Å². The first kappa shape index (κ1) is 14.7. The second-order valence-corrected chi connectivity index (χ2v) is 4.13. The van der Waals surface area contributed by atoms with Crippen LogP contribution in [0.25, 0.3) is 11.4 Å². The number of nitrogens with zero attached hydrogens (tertiary/aromatic N) is 2. The van der Waals surface area contributed by atoms with Crippen LogP contribution in [-0.4, -0.2) is 29.1 Å². The normalized spacial score (nSPS) is 10.0. The zero-order chi connectivity index (χ0) is 15.1. The van der Waals surface area contributed by atoms with Crippen LogP contribution < -0.4 is 16.6 Å². The van der Waals surface area contributed by atoms with Gasteiger partial charge in [-0.15, -0.1) is 0 Å². The van der Waals surface area contributed by atoms with Gasteiger partial charge in [0.15, 0.2) is 5.82 Å². The highest BCUT2D eigenvalue weighted by molar-refractivity contribution is 5.75. The molecule has 0 aliphatic rings. The quantitative estimate of drug-likeness (QED) is 0.419. The van der Waals surface area contributed by atoms with E-state index in [1.165, 1.54) is 0 Å². The molecule has 1 aromatic carbocycles. The summed E-state index contributed by atoms with van der Waals surface area (Å²) in [6, 6.07) is 11.1. The maximum atomic E-state index is 11.4. The van der Waals surface area contributed by atoms with Crippen molar-refractivity contribution < 1.29 is 9.53 Å². The number of aromatic nitrogens is 2. The molecule has 0 saturated carbocycles. The van der Waals surface area contributed by atoms with E-state index in [2.05, 4.69) is 20.7 Å². The highest BCUT2D eigenvalue weighted by Crippen LogP contribution is 2.19. The van der Waals surface area contributed by atoms with Gasteiger partial charge in [0.1, 0.15) is 18.2 Å². The molecule has 0 fully saturated rings. The fourth-order valence-electron chi connectivity index (χ4n) is 1.70. The number of hydrogen-bond acceptors (Lipinski definition) is 7. The molecule has 2 rings (SSSR count). The molecule has 4 N–H and O–H groups in total. The lowest BCUT2D eigenvalue weighted by molar-refractivity contribution is -0.140. The van der Waals surface area contributed by atoms with Gasteiger partial charge in [-0.3, -0.25) is 4.79 Å². The topological polar surface area (TPSA) is 102 Å². The Bertz CT molecular complexity index is 604. The Morgan fingerprint density at radius 3 is 2.62 bits per heavy atom. The molecule has 110 valence electrons. The minimum Gasteiger partial charge on any atom is -0.465 e. The molecule has 21 heavy (non-hydrogen) atoms. The van der Waals surface area contributed by atoms with Gasteiger partial charge in [-0.2, -0.15) is 0 Å². The lowest BCUT2D eigenvalue weighted by atomic mass is 10.2. The molecule has 1 heterocycles. The SMILES string of the molecule is CCOC(=O)CNc1cc(NN)nc(-c2ccccc2)n1. The second kappa shape index (κ2) is 7.20. The Morgan fingerprint density at radius 2 is 1.95 bits per heavy atom. The first-order valence-electron chi connectivity index (χ1n) is 6.53. The van der Waals surface area contributed by atoms with E-state index in [1.807, 2.05) is 30.3 Å². The molecule has 0 spiro atoms. The average Bonchev–Trinajstić information content (AvgIpc) is 2.54. The Kier molecular flexibility index (Phi) is 5.05. The van der Waals surface area contributed by atoms with Gasteiger partial charge in [0.05, 0.1) is 6.61 Å². The Labute approximate surface area is 122 Å². The number of anilines is 2. The van der Waals surface area contributed by atoms with E-state index >= 15 is 0 Å². The Hall–Kier alpha value is -2.67. The van der Waals surface area contributed by atoms with Crippen LogP contribution in [0, 0.1) is 0 Å². The molecule has 0 bridgehead atoms. The summed E-state index contributed by atoms with van der Waals surface area (Å²) in [4.78, 5) is 20.0. The maximum absolute atomic E-state index is 11.4. The number of rotatable bonds is 6. The Morgan fingerprint density at radius 1 is 1.24 bits per heavy atom. The monoisotopic (exact) mass is 287 g/mol. The highest BCUT2D eigenvalue weighted by Gasteiger charge is 2.08. The number of carbonyl (C=O) groups excluding carboxylic acids is 1. The molecule has 0 aliphatic carbocycles. The maximum Gasteiger partial charge on any atom is 0.325 e. The summed E-state index contributed by atoms with van der Waals surface area (Å²) in [6.07, 6.45) is 0. The number of esters is 1. The zero-order valence-electron chi connectivity index (χ0n) is 11.7. The van der Waals surface area contributed by atoms with E-state index < -0.39 is 0 Å². The minimum absolute atomic E-state index is 0.0308. The first-order valence-corrected chi connectivity index (χ1v) is 6.53. The molecule has 0 saturated heterocycles. The summed E-state index contributed by atoms with van der Waals surface area (Å²) < 4.78 is 4.85. The first-order chi connectivity index (χ1) is 10.2. The molecular formula is C14H17N5O2. The third-order valence-corrected chi connectivity index (χ3v) is 2.63. The van der Waals surface area contributed by atoms with Crippen LogP contribution in [-0.2, 0) is 9.53 Å². The van der Waals surface area contributed by atoms with Gasteiger partial charge in [-0.05, 0) is 6.92 Å². The summed E-state index contributed by atoms with van der Waals surface area (Å²) in [7, 11) is 0. The number of hydrogen-bond donors (Lipinski definition) is 3. The van der Waals surface area contributed by atoms with Crippen LogP contribution >= 0.6 is 0 Å². The van der Waals surface area contributed by atoms with E-state index in [1.54, 1.807) is 13.0 Å². The van der Waals surface area contributed by atoms with Crippen molar-refractivity contribution in [3.8, 4) is 11.4 Å². The fraction of sp³-hybridized carbons (Fsp3) is 0.214. The molecule has 0 unspecified atom stereocenters. The minimum atomic E-state index is -0.348. The van der Waals surface area contributed by atoms with Crippen molar-refractivity contribution in [3.63, 3.8) is 0 Å². The van der Waals surface area contributed by atoms with Gasteiger partial charge in [-0.25, -0.2) is 15.8 Å². The number of hydrazine groups is 1. The number of ether oxygens (including phenoxy) is 1. The van der Waals surface area contributed by atoms with Crippen molar-refractivity contribution in [1.82, 2.24) is 9.97 Å². The number of nitrogens with two attached hydrogens (primary N) is 1. The van der Waals surface area contributed by atoms with Gasteiger partial charge in [0.25, 0.3) is 0 Å². The summed E-state index contributed by atoms with van der Waals surface area (Å²) >= 11 is 0. The van der Waals surface area contributed by atoms with Crippen molar-refractivity contribution >= 4 is 17.6 Å². The van der Waals surface area contributed by atoms with Gasteiger partial charge >= 0.3 is 5.97 Å². The van der Waals surface area contributed by atoms with Crippen molar-refractivity contribution in [1.29, 1.82) is 0 Å². The van der Waals surface area contributed by atoms with Crippen LogP contribution in [0.15, 0.2) is 36.4 Å². The van der Waals surface area contributed by atoms with Gasteiger partial charge < -0.3 is 15.5 Å². The number of nitrogen functional groups attached to an aromatic ring is 1. The highest BCUT2D eigenvalue weighted by atomic mass is 16.5. The molecule has 0 aliphatic heterocycles. The average molecular weight is 287 g/mol. The fourth-order valence-corrected chi connectivity index (χ4v) is 1.70.